The van der Waals surface area contributed by atoms with Crippen molar-refractivity contribution in [3.8, 4) is 0 Å². The van der Waals surface area contributed by atoms with Gasteiger partial charge in [0.15, 0.2) is 0 Å². The van der Waals surface area contributed by atoms with E-state index in [1.165, 1.54) is 24.3 Å². The molecule has 1 aliphatic carbocycles. The first-order valence-corrected chi connectivity index (χ1v) is 9.16. The molecule has 144 valence electrons. The molecule has 29 heavy (non-hydrogen) atoms. The maximum Gasteiger partial charge on any atom is 0.336 e. The molecule has 0 radical (unpaired) electrons. The highest BCUT2D eigenvalue weighted by Gasteiger charge is 2.41. The molecule has 0 N–H and O–H groups in total. The Morgan fingerprint density at radius 1 is 1.03 bits per heavy atom. The van der Waals surface area contributed by atoms with Crippen LogP contribution in [0.25, 0.3) is 11.0 Å². The molecule has 2 aliphatic rings. The quantitative estimate of drug-likeness (QED) is 0.294. The molecule has 2 aromatic carbocycles. The first-order chi connectivity index (χ1) is 13.9. The summed E-state index contributed by atoms with van der Waals surface area (Å²) in [5.74, 6) is -1.35. The number of carbonyl (C=O) groups excluding carboxylic acids is 2. The number of benzene rings is 2. The molecule has 0 saturated carbocycles. The van der Waals surface area contributed by atoms with E-state index in [-0.39, 0.29) is 17.7 Å². The van der Waals surface area contributed by atoms with Crippen LogP contribution in [0.5, 0.6) is 0 Å². The van der Waals surface area contributed by atoms with Crippen molar-refractivity contribution in [2.24, 2.45) is 0 Å². The third-order valence-electron chi connectivity index (χ3n) is 5.54. The molecule has 0 unspecified atom stereocenters. The van der Waals surface area contributed by atoms with Crippen LogP contribution < -0.4 is 5.63 Å². The number of amides is 2. The summed E-state index contributed by atoms with van der Waals surface area (Å²) in [5.41, 5.74) is 1.98. The molecule has 0 fully saturated rings. The number of imide groups is 1. The zero-order valence-corrected chi connectivity index (χ0v) is 15.1. The summed E-state index contributed by atoms with van der Waals surface area (Å²) in [6.07, 6.45) is 2.86. The number of hydrogen-bond acceptors (Lipinski definition) is 6. The molecular weight excluding hydrogens is 376 g/mol. The maximum absolute atomic E-state index is 12.8. The van der Waals surface area contributed by atoms with Crippen LogP contribution in [-0.4, -0.2) is 21.6 Å². The van der Waals surface area contributed by atoms with Gasteiger partial charge in [-0.15, -0.1) is 0 Å². The summed E-state index contributed by atoms with van der Waals surface area (Å²) >= 11 is 0. The normalized spacial score (nSPS) is 15.1. The van der Waals surface area contributed by atoms with Crippen LogP contribution in [0.3, 0.4) is 0 Å². The van der Waals surface area contributed by atoms with Gasteiger partial charge in [0, 0.05) is 17.5 Å². The average molecular weight is 390 g/mol. The van der Waals surface area contributed by atoms with Gasteiger partial charge in [-0.2, -0.15) is 0 Å². The Balaban J connectivity index is 1.61. The molecule has 8 nitrogen and oxygen atoms in total. The standard InChI is InChI=1S/C21H14N2O6/c24-18-9-13(15-7-11-3-1-4-12(11)8-17(15)29-18)10-22-20(25)14-5-2-6-16(23(27)28)19(14)21(22)26/h2,5-9H,1,3-4,10H2. The maximum atomic E-state index is 12.8. The van der Waals surface area contributed by atoms with Crippen LogP contribution in [0.2, 0.25) is 0 Å². The highest BCUT2D eigenvalue weighted by molar-refractivity contribution is 6.23. The molecule has 2 heterocycles. The molecule has 1 aromatic heterocycles. The number of nitro benzene ring substituents is 1. The number of hydrogen-bond donors (Lipinski definition) is 0. The van der Waals surface area contributed by atoms with E-state index < -0.39 is 28.1 Å². The average Bonchev–Trinajstić information content (AvgIpc) is 3.24. The lowest BCUT2D eigenvalue weighted by atomic mass is 10.0. The highest BCUT2D eigenvalue weighted by atomic mass is 16.6. The monoisotopic (exact) mass is 390 g/mol. The number of aryl methyl sites for hydroxylation is 2. The van der Waals surface area contributed by atoms with Crippen LogP contribution in [0.15, 0.2) is 45.6 Å². The molecule has 0 spiro atoms. The summed E-state index contributed by atoms with van der Waals surface area (Å²) in [6.45, 7) is -0.162. The van der Waals surface area contributed by atoms with Crippen molar-refractivity contribution in [2.45, 2.75) is 25.8 Å². The van der Waals surface area contributed by atoms with Crippen LogP contribution in [0.4, 0.5) is 5.69 Å². The van der Waals surface area contributed by atoms with Gasteiger partial charge < -0.3 is 4.42 Å². The molecule has 8 heteroatoms. The lowest BCUT2D eigenvalue weighted by Crippen LogP contribution is -2.29. The topological polar surface area (TPSA) is 111 Å². The molecule has 2 amide bonds. The fraction of sp³-hybridized carbons (Fsp3) is 0.190. The second-order valence-corrected chi connectivity index (χ2v) is 7.21. The molecule has 0 bridgehead atoms. The van der Waals surface area contributed by atoms with Crippen molar-refractivity contribution in [3.63, 3.8) is 0 Å². The van der Waals surface area contributed by atoms with E-state index in [4.69, 9.17) is 4.42 Å². The van der Waals surface area contributed by atoms with Gasteiger partial charge in [0.1, 0.15) is 11.1 Å². The van der Waals surface area contributed by atoms with Gasteiger partial charge in [-0.3, -0.25) is 24.6 Å². The third kappa shape index (κ3) is 2.56. The SMILES string of the molecule is O=C1c2cccc([N+](=O)[O-])c2C(=O)N1Cc1cc(=O)oc2cc3c(cc12)CCC3. The lowest BCUT2D eigenvalue weighted by Gasteiger charge is -2.15. The Labute approximate surface area is 163 Å². The van der Waals surface area contributed by atoms with Crippen molar-refractivity contribution < 1.29 is 18.9 Å². The van der Waals surface area contributed by atoms with Crippen LogP contribution >= 0.6 is 0 Å². The molecule has 5 rings (SSSR count). The second kappa shape index (κ2) is 6.10. The predicted molar refractivity (Wildman–Crippen MR) is 102 cm³/mol. The molecular formula is C21H14N2O6. The second-order valence-electron chi connectivity index (χ2n) is 7.21. The number of fused-ring (bicyclic) bond motifs is 3. The van der Waals surface area contributed by atoms with E-state index in [1.54, 1.807) is 0 Å². The summed E-state index contributed by atoms with van der Waals surface area (Å²) < 4.78 is 5.32. The van der Waals surface area contributed by atoms with Gasteiger partial charge >= 0.3 is 5.63 Å². The summed E-state index contributed by atoms with van der Waals surface area (Å²) in [5, 5.41) is 11.9. The Morgan fingerprint density at radius 2 is 1.79 bits per heavy atom. The lowest BCUT2D eigenvalue weighted by molar-refractivity contribution is -0.385. The van der Waals surface area contributed by atoms with Crippen LogP contribution in [-0.2, 0) is 19.4 Å². The van der Waals surface area contributed by atoms with Crippen molar-refractivity contribution in [2.75, 3.05) is 0 Å². The first-order valence-electron chi connectivity index (χ1n) is 9.16. The van der Waals surface area contributed by atoms with Gasteiger partial charge in [-0.1, -0.05) is 6.07 Å². The van der Waals surface area contributed by atoms with E-state index >= 15 is 0 Å². The minimum absolute atomic E-state index is 0.00244. The summed E-state index contributed by atoms with van der Waals surface area (Å²) in [7, 11) is 0. The Kier molecular flexibility index (Phi) is 3.64. The highest BCUT2D eigenvalue weighted by Crippen LogP contribution is 2.33. The number of nitro groups is 1. The van der Waals surface area contributed by atoms with Gasteiger partial charge in [-0.25, -0.2) is 4.79 Å². The van der Waals surface area contributed by atoms with Crippen molar-refractivity contribution in [3.05, 3.63) is 84.7 Å². The van der Waals surface area contributed by atoms with Crippen molar-refractivity contribution in [1.29, 1.82) is 0 Å². The van der Waals surface area contributed by atoms with Crippen LogP contribution in [0.1, 0.15) is 43.8 Å². The Hall–Kier alpha value is -3.81. The first kappa shape index (κ1) is 17.3. The van der Waals surface area contributed by atoms with Crippen molar-refractivity contribution >= 4 is 28.5 Å². The van der Waals surface area contributed by atoms with Gasteiger partial charge in [0.25, 0.3) is 17.5 Å². The van der Waals surface area contributed by atoms with Crippen molar-refractivity contribution in [1.82, 2.24) is 4.90 Å². The van der Waals surface area contributed by atoms with Gasteiger partial charge in [0.05, 0.1) is 17.0 Å². The van der Waals surface area contributed by atoms with E-state index in [0.717, 1.165) is 35.3 Å². The summed E-state index contributed by atoms with van der Waals surface area (Å²) in [6, 6.07) is 9.02. The Bertz CT molecular complexity index is 1310. The number of rotatable bonds is 3. The number of nitrogens with zero attached hydrogens (tertiary/aromatic N) is 2. The van der Waals surface area contributed by atoms with E-state index in [1.807, 2.05) is 12.1 Å². The zero-order chi connectivity index (χ0) is 20.3. The molecule has 0 saturated heterocycles. The molecule has 3 aromatic rings. The minimum Gasteiger partial charge on any atom is -0.423 e. The zero-order valence-electron chi connectivity index (χ0n) is 15.1. The smallest absolute Gasteiger partial charge is 0.336 e. The van der Waals surface area contributed by atoms with Gasteiger partial charge in [0.2, 0.25) is 0 Å². The van der Waals surface area contributed by atoms with Gasteiger partial charge in [-0.05, 0) is 54.2 Å². The Morgan fingerprint density at radius 3 is 2.55 bits per heavy atom. The fourth-order valence-corrected chi connectivity index (χ4v) is 4.21. The molecule has 0 atom stereocenters. The van der Waals surface area contributed by atoms with E-state index in [0.29, 0.717) is 16.5 Å². The summed E-state index contributed by atoms with van der Waals surface area (Å²) in [4.78, 5) is 49.2. The minimum atomic E-state index is -0.736. The van der Waals surface area contributed by atoms with E-state index in [2.05, 4.69) is 0 Å². The molecule has 1 aliphatic heterocycles. The van der Waals surface area contributed by atoms with Crippen LogP contribution in [0, 0.1) is 10.1 Å². The third-order valence-corrected chi connectivity index (χ3v) is 5.54. The van der Waals surface area contributed by atoms with E-state index in [9.17, 15) is 24.5 Å². The number of carbonyl (C=O) groups is 2. The predicted octanol–water partition coefficient (Wildman–Crippen LogP) is 2.99. The largest absolute Gasteiger partial charge is 0.423 e. The fourth-order valence-electron chi connectivity index (χ4n) is 4.21.